The lowest BCUT2D eigenvalue weighted by atomic mass is 10.0. The van der Waals surface area contributed by atoms with E-state index in [1.165, 1.54) is 16.7 Å². The van der Waals surface area contributed by atoms with Crippen LogP contribution in [-0.4, -0.2) is 51.6 Å². The molecule has 2 aromatic carbocycles. The van der Waals surface area contributed by atoms with Crippen molar-refractivity contribution in [3.63, 3.8) is 0 Å². The molecule has 1 aliphatic rings. The molecule has 2 aromatic rings. The third-order valence-electron chi connectivity index (χ3n) is 5.05. The molecule has 0 saturated carbocycles. The summed E-state index contributed by atoms with van der Waals surface area (Å²) in [6.07, 6.45) is -2.20. The van der Waals surface area contributed by atoms with Crippen LogP contribution in [0.15, 0.2) is 42.5 Å². The highest BCUT2D eigenvalue weighted by molar-refractivity contribution is 8.00. The molecule has 11 heteroatoms. The summed E-state index contributed by atoms with van der Waals surface area (Å²) < 4.78 is 40.7. The second kappa shape index (κ2) is 11.1. The molecule has 7 nitrogen and oxygen atoms in total. The number of amides is 3. The maximum Gasteiger partial charge on any atom is 0.404 e. The minimum absolute atomic E-state index is 0.270. The van der Waals surface area contributed by atoms with Crippen molar-refractivity contribution in [3.05, 3.63) is 71.0 Å². The molecule has 0 radical (unpaired) electrons. The maximum atomic E-state index is 14.0. The lowest BCUT2D eigenvalue weighted by molar-refractivity contribution is -0.137. The van der Waals surface area contributed by atoms with Gasteiger partial charge in [-0.2, -0.15) is 0 Å². The van der Waals surface area contributed by atoms with Gasteiger partial charge in [0.2, 0.25) is 5.91 Å². The Kier molecular flexibility index (Phi) is 8.21. The first-order valence-electron chi connectivity index (χ1n) is 10.1. The van der Waals surface area contributed by atoms with Gasteiger partial charge in [0, 0.05) is 37.4 Å². The zero-order chi connectivity index (χ0) is 24.0. The maximum absolute atomic E-state index is 14.0. The number of rotatable bonds is 8. The summed E-state index contributed by atoms with van der Waals surface area (Å²) in [6.45, 7) is 0.573. The predicted octanol–water partition coefficient (Wildman–Crippen LogP) is 2.89. The normalized spacial score (nSPS) is 16.3. The first-order chi connectivity index (χ1) is 15.7. The SMILES string of the molecule is O=C(O)NC(CC(=O)N1CCSC1C(=O)NCc1ccccc1)Cc1cc(F)c(F)cc1F. The molecule has 1 saturated heterocycles. The van der Waals surface area contributed by atoms with Gasteiger partial charge >= 0.3 is 6.09 Å². The molecule has 1 fully saturated rings. The number of nitrogens with zero attached hydrogens (tertiary/aromatic N) is 1. The van der Waals surface area contributed by atoms with Crippen LogP contribution in [0.1, 0.15) is 17.5 Å². The number of thioether (sulfide) groups is 1. The van der Waals surface area contributed by atoms with Gasteiger partial charge in [0.05, 0.1) is 0 Å². The smallest absolute Gasteiger partial charge is 0.404 e. The van der Waals surface area contributed by atoms with Gasteiger partial charge in [-0.25, -0.2) is 18.0 Å². The topological polar surface area (TPSA) is 98.7 Å². The second-order valence-electron chi connectivity index (χ2n) is 7.43. The highest BCUT2D eigenvalue weighted by Gasteiger charge is 2.35. The Hall–Kier alpha value is -3.21. The van der Waals surface area contributed by atoms with E-state index in [-0.39, 0.29) is 37.4 Å². The standard InChI is InChI=1S/C22H22F3N3O4S/c23-16-11-18(25)17(24)9-14(16)8-15(27-22(31)32)10-19(29)28-6-7-33-21(28)20(30)26-12-13-4-2-1-3-5-13/h1-5,9,11,15,21,27H,6-8,10,12H2,(H,26,30)(H,31,32). The highest BCUT2D eigenvalue weighted by atomic mass is 32.2. The Bertz CT molecular complexity index is 1030. The van der Waals surface area contributed by atoms with Crippen LogP contribution in [0.25, 0.3) is 0 Å². The molecule has 3 N–H and O–H groups in total. The summed E-state index contributed by atoms with van der Waals surface area (Å²) in [6, 6.07) is 9.14. The van der Waals surface area contributed by atoms with Crippen LogP contribution in [0.3, 0.4) is 0 Å². The molecule has 1 aliphatic heterocycles. The zero-order valence-electron chi connectivity index (χ0n) is 17.4. The van der Waals surface area contributed by atoms with Gasteiger partial charge in [-0.1, -0.05) is 30.3 Å². The van der Waals surface area contributed by atoms with E-state index in [4.69, 9.17) is 5.11 Å². The van der Waals surface area contributed by atoms with Gasteiger partial charge in [0.15, 0.2) is 17.0 Å². The van der Waals surface area contributed by atoms with Crippen LogP contribution < -0.4 is 10.6 Å². The van der Waals surface area contributed by atoms with Crippen LogP contribution in [0.4, 0.5) is 18.0 Å². The molecule has 0 aromatic heterocycles. The van der Waals surface area contributed by atoms with Crippen molar-refractivity contribution in [2.24, 2.45) is 0 Å². The number of hydrogen-bond donors (Lipinski definition) is 3. The molecule has 0 bridgehead atoms. The molecule has 2 atom stereocenters. The summed E-state index contributed by atoms with van der Waals surface area (Å²) >= 11 is 1.28. The van der Waals surface area contributed by atoms with Crippen LogP contribution >= 0.6 is 11.8 Å². The van der Waals surface area contributed by atoms with E-state index in [0.29, 0.717) is 17.9 Å². The number of carboxylic acid groups (broad SMARTS) is 1. The molecular formula is C22H22F3N3O4S. The first kappa shape index (κ1) is 24.4. The van der Waals surface area contributed by atoms with Crippen molar-refractivity contribution < 1.29 is 32.7 Å². The third-order valence-corrected chi connectivity index (χ3v) is 6.25. The van der Waals surface area contributed by atoms with Crippen LogP contribution in [0.2, 0.25) is 0 Å². The van der Waals surface area contributed by atoms with Crippen molar-refractivity contribution in [1.82, 2.24) is 15.5 Å². The average molecular weight is 481 g/mol. The van der Waals surface area contributed by atoms with E-state index < -0.39 is 40.9 Å². The predicted molar refractivity (Wildman–Crippen MR) is 116 cm³/mol. The average Bonchev–Trinajstić information content (AvgIpc) is 3.26. The Morgan fingerprint density at radius 3 is 2.48 bits per heavy atom. The van der Waals surface area contributed by atoms with Gasteiger partial charge in [-0.05, 0) is 23.6 Å². The Labute approximate surface area is 192 Å². The number of nitrogens with one attached hydrogen (secondary N) is 2. The largest absolute Gasteiger partial charge is 0.465 e. The third kappa shape index (κ3) is 6.64. The molecule has 176 valence electrons. The summed E-state index contributed by atoms with van der Waals surface area (Å²) in [5.41, 5.74) is 0.624. The van der Waals surface area contributed by atoms with E-state index in [2.05, 4.69) is 10.6 Å². The van der Waals surface area contributed by atoms with Crippen molar-refractivity contribution in [2.45, 2.75) is 30.8 Å². The van der Waals surface area contributed by atoms with Gasteiger partial charge in [-0.15, -0.1) is 11.8 Å². The minimum atomic E-state index is -1.45. The van der Waals surface area contributed by atoms with Gasteiger partial charge in [0.25, 0.3) is 5.91 Å². The summed E-state index contributed by atoms with van der Waals surface area (Å²) in [5, 5.41) is 13.2. The fourth-order valence-electron chi connectivity index (χ4n) is 3.48. The number of benzene rings is 2. The van der Waals surface area contributed by atoms with Crippen LogP contribution in [0.5, 0.6) is 0 Å². The van der Waals surface area contributed by atoms with E-state index in [9.17, 15) is 27.6 Å². The van der Waals surface area contributed by atoms with E-state index >= 15 is 0 Å². The number of hydrogen-bond acceptors (Lipinski definition) is 4. The molecule has 2 unspecified atom stereocenters. The minimum Gasteiger partial charge on any atom is -0.465 e. The molecule has 0 aliphatic carbocycles. The lowest BCUT2D eigenvalue weighted by Crippen LogP contribution is -2.47. The number of carbonyl (C=O) groups excluding carboxylic acids is 2. The molecular weight excluding hydrogens is 459 g/mol. The Morgan fingerprint density at radius 1 is 1.09 bits per heavy atom. The first-order valence-corrected chi connectivity index (χ1v) is 11.1. The van der Waals surface area contributed by atoms with Crippen LogP contribution in [-0.2, 0) is 22.6 Å². The van der Waals surface area contributed by atoms with Gasteiger partial charge < -0.3 is 20.6 Å². The molecule has 1 heterocycles. The fraction of sp³-hybridized carbons (Fsp3) is 0.318. The second-order valence-corrected chi connectivity index (χ2v) is 8.61. The van der Waals surface area contributed by atoms with E-state index in [1.54, 1.807) is 0 Å². The summed E-state index contributed by atoms with van der Waals surface area (Å²) in [7, 11) is 0. The molecule has 3 rings (SSSR count). The monoisotopic (exact) mass is 481 g/mol. The number of carbonyl (C=O) groups is 3. The van der Waals surface area contributed by atoms with E-state index in [1.807, 2.05) is 30.3 Å². The summed E-state index contributed by atoms with van der Waals surface area (Å²) in [5.74, 6) is -4.05. The summed E-state index contributed by atoms with van der Waals surface area (Å²) in [4.78, 5) is 38.0. The quantitative estimate of drug-likeness (QED) is 0.504. The van der Waals surface area contributed by atoms with Crippen molar-refractivity contribution in [1.29, 1.82) is 0 Å². The fourth-order valence-corrected chi connectivity index (χ4v) is 4.64. The van der Waals surface area contributed by atoms with Crippen molar-refractivity contribution in [3.8, 4) is 0 Å². The molecule has 0 spiro atoms. The Balaban J connectivity index is 1.65. The molecule has 3 amide bonds. The van der Waals surface area contributed by atoms with E-state index in [0.717, 1.165) is 5.56 Å². The highest BCUT2D eigenvalue weighted by Crippen LogP contribution is 2.25. The number of halogens is 3. The molecule has 33 heavy (non-hydrogen) atoms. The van der Waals surface area contributed by atoms with Crippen molar-refractivity contribution in [2.75, 3.05) is 12.3 Å². The van der Waals surface area contributed by atoms with Crippen molar-refractivity contribution >= 4 is 29.7 Å². The van der Waals surface area contributed by atoms with Crippen LogP contribution in [0, 0.1) is 17.5 Å². The Morgan fingerprint density at radius 2 is 1.79 bits per heavy atom. The lowest BCUT2D eigenvalue weighted by Gasteiger charge is -2.25. The zero-order valence-corrected chi connectivity index (χ0v) is 18.2. The van der Waals surface area contributed by atoms with Gasteiger partial charge in [0.1, 0.15) is 5.82 Å². The van der Waals surface area contributed by atoms with Gasteiger partial charge in [-0.3, -0.25) is 9.59 Å².